The van der Waals surface area contributed by atoms with Crippen LogP contribution < -0.4 is 10.6 Å². The fourth-order valence-corrected chi connectivity index (χ4v) is 2.72. The molecule has 1 fully saturated rings. The molecule has 114 valence electrons. The van der Waals surface area contributed by atoms with Crippen LogP contribution in [0.2, 0.25) is 0 Å². The number of carboxylic acids is 1. The Morgan fingerprint density at radius 3 is 2.86 bits per heavy atom. The van der Waals surface area contributed by atoms with Gasteiger partial charge in [0.2, 0.25) is 5.91 Å². The Bertz CT molecular complexity index is 558. The Labute approximate surface area is 125 Å². The number of thiazole rings is 1. The van der Waals surface area contributed by atoms with E-state index in [1.54, 1.807) is 25.4 Å². The lowest BCUT2D eigenvalue weighted by atomic mass is 10.1. The topological polar surface area (TPSA) is 112 Å². The number of amides is 3. The van der Waals surface area contributed by atoms with E-state index in [1.165, 1.54) is 11.3 Å². The van der Waals surface area contributed by atoms with Crippen molar-refractivity contribution in [2.24, 2.45) is 0 Å². The van der Waals surface area contributed by atoms with Crippen molar-refractivity contribution in [1.29, 1.82) is 0 Å². The molecular formula is C12H16N4O4S. The molecule has 21 heavy (non-hydrogen) atoms. The molecule has 1 unspecified atom stereocenters. The highest BCUT2D eigenvalue weighted by molar-refractivity contribution is 7.09. The zero-order valence-corrected chi connectivity index (χ0v) is 12.4. The van der Waals surface area contributed by atoms with Gasteiger partial charge in [0.1, 0.15) is 17.6 Å². The van der Waals surface area contributed by atoms with Crippen molar-refractivity contribution in [3.63, 3.8) is 0 Å². The van der Waals surface area contributed by atoms with Gasteiger partial charge in [-0.15, -0.1) is 11.3 Å². The number of hydrogen-bond donors (Lipinski definition) is 3. The second kappa shape index (κ2) is 5.68. The number of hydrogen-bond acceptors (Lipinski definition) is 5. The van der Waals surface area contributed by atoms with Gasteiger partial charge in [-0.05, 0) is 13.8 Å². The molecule has 9 heteroatoms. The summed E-state index contributed by atoms with van der Waals surface area (Å²) >= 11 is 1.39. The van der Waals surface area contributed by atoms with E-state index >= 15 is 0 Å². The maximum Gasteiger partial charge on any atom is 0.328 e. The Morgan fingerprint density at radius 2 is 2.29 bits per heavy atom. The van der Waals surface area contributed by atoms with Crippen molar-refractivity contribution in [2.45, 2.75) is 25.4 Å². The minimum atomic E-state index is -1.16. The summed E-state index contributed by atoms with van der Waals surface area (Å²) in [5, 5.41) is 16.8. The van der Waals surface area contributed by atoms with Crippen LogP contribution in [-0.2, 0) is 15.1 Å². The molecule has 1 aromatic heterocycles. The minimum Gasteiger partial charge on any atom is -0.480 e. The highest BCUT2D eigenvalue weighted by Crippen LogP contribution is 2.22. The monoisotopic (exact) mass is 312 g/mol. The van der Waals surface area contributed by atoms with Gasteiger partial charge < -0.3 is 15.7 Å². The fraction of sp³-hybridized carbons (Fsp3) is 0.500. The summed E-state index contributed by atoms with van der Waals surface area (Å²) in [6, 6.07) is -1.67. The van der Waals surface area contributed by atoms with Gasteiger partial charge in [0.15, 0.2) is 0 Å². The van der Waals surface area contributed by atoms with Crippen LogP contribution in [0.5, 0.6) is 0 Å². The zero-order valence-electron chi connectivity index (χ0n) is 11.6. The Morgan fingerprint density at radius 1 is 1.57 bits per heavy atom. The third-order valence-corrected chi connectivity index (χ3v) is 4.21. The Balaban J connectivity index is 2.14. The predicted octanol–water partition coefficient (Wildman–Crippen LogP) is -0.0272. The van der Waals surface area contributed by atoms with Crippen molar-refractivity contribution in [2.75, 3.05) is 13.1 Å². The van der Waals surface area contributed by atoms with Crippen LogP contribution >= 0.6 is 11.3 Å². The number of carboxylic acid groups (broad SMARTS) is 1. The van der Waals surface area contributed by atoms with Gasteiger partial charge in [-0.3, -0.25) is 9.69 Å². The molecule has 1 aliphatic rings. The average molecular weight is 312 g/mol. The lowest BCUT2D eigenvalue weighted by molar-refractivity contribution is -0.144. The normalized spacial score (nSPS) is 19.0. The SMILES string of the molecule is CC(C)(NC(=O)N1CC(=O)NCC1C(=O)O)c1nccs1. The summed E-state index contributed by atoms with van der Waals surface area (Å²) in [6.07, 6.45) is 1.63. The molecule has 2 rings (SSSR count). The van der Waals surface area contributed by atoms with Crippen molar-refractivity contribution in [3.8, 4) is 0 Å². The summed E-state index contributed by atoms with van der Waals surface area (Å²) in [5.41, 5.74) is -0.748. The number of nitrogens with one attached hydrogen (secondary N) is 2. The smallest absolute Gasteiger partial charge is 0.328 e. The van der Waals surface area contributed by atoms with Crippen LogP contribution in [0.25, 0.3) is 0 Å². The van der Waals surface area contributed by atoms with Gasteiger partial charge in [-0.25, -0.2) is 14.6 Å². The molecule has 0 aromatic carbocycles. The van der Waals surface area contributed by atoms with Crippen molar-refractivity contribution >= 4 is 29.2 Å². The Hall–Kier alpha value is -2.16. The summed E-state index contributed by atoms with van der Waals surface area (Å²) in [5.74, 6) is -1.54. The van der Waals surface area contributed by atoms with E-state index in [1.807, 2.05) is 0 Å². The van der Waals surface area contributed by atoms with Crippen molar-refractivity contribution in [1.82, 2.24) is 20.5 Å². The first-order valence-electron chi connectivity index (χ1n) is 6.29. The number of carbonyl (C=O) groups excluding carboxylic acids is 2. The number of aliphatic carboxylic acids is 1. The number of aromatic nitrogens is 1. The molecule has 0 spiro atoms. The summed E-state index contributed by atoms with van der Waals surface area (Å²) in [4.78, 5) is 40.1. The average Bonchev–Trinajstić information content (AvgIpc) is 2.92. The van der Waals surface area contributed by atoms with Gasteiger partial charge in [0.05, 0.1) is 5.54 Å². The van der Waals surface area contributed by atoms with Gasteiger partial charge >= 0.3 is 12.0 Å². The molecule has 1 atom stereocenters. The molecule has 8 nitrogen and oxygen atoms in total. The van der Waals surface area contributed by atoms with Crippen LogP contribution in [0, 0.1) is 0 Å². The summed E-state index contributed by atoms with van der Waals surface area (Å²) in [6.45, 7) is 3.16. The number of nitrogens with zero attached hydrogens (tertiary/aromatic N) is 2. The first kappa shape index (κ1) is 15.2. The molecule has 1 saturated heterocycles. The summed E-state index contributed by atoms with van der Waals surface area (Å²) < 4.78 is 0. The third kappa shape index (κ3) is 3.30. The minimum absolute atomic E-state index is 0.0979. The molecule has 3 amide bonds. The van der Waals surface area contributed by atoms with Crippen LogP contribution in [0.3, 0.4) is 0 Å². The number of piperazine rings is 1. The second-order valence-electron chi connectivity index (χ2n) is 5.18. The maximum absolute atomic E-state index is 12.3. The van der Waals surface area contributed by atoms with Crippen LogP contribution in [0.15, 0.2) is 11.6 Å². The van der Waals surface area contributed by atoms with E-state index in [0.717, 1.165) is 4.90 Å². The molecule has 2 heterocycles. The van der Waals surface area contributed by atoms with E-state index in [2.05, 4.69) is 15.6 Å². The second-order valence-corrected chi connectivity index (χ2v) is 6.07. The van der Waals surface area contributed by atoms with E-state index in [-0.39, 0.29) is 19.0 Å². The highest BCUT2D eigenvalue weighted by atomic mass is 32.1. The predicted molar refractivity (Wildman–Crippen MR) is 74.8 cm³/mol. The maximum atomic E-state index is 12.3. The zero-order chi connectivity index (χ0) is 15.6. The van der Waals surface area contributed by atoms with E-state index in [0.29, 0.717) is 5.01 Å². The molecule has 1 aliphatic heterocycles. The van der Waals surface area contributed by atoms with Gasteiger partial charge in [0, 0.05) is 18.1 Å². The summed E-state index contributed by atoms with van der Waals surface area (Å²) in [7, 11) is 0. The molecule has 0 saturated carbocycles. The highest BCUT2D eigenvalue weighted by Gasteiger charge is 2.37. The molecular weight excluding hydrogens is 296 g/mol. The first-order chi connectivity index (χ1) is 9.81. The third-order valence-electron chi connectivity index (χ3n) is 3.12. The quantitative estimate of drug-likeness (QED) is 0.726. The van der Waals surface area contributed by atoms with Gasteiger partial charge in [-0.2, -0.15) is 0 Å². The molecule has 0 aliphatic carbocycles. The lowest BCUT2D eigenvalue weighted by Crippen LogP contribution is -2.62. The Kier molecular flexibility index (Phi) is 4.12. The van der Waals surface area contributed by atoms with E-state index in [9.17, 15) is 14.4 Å². The molecule has 0 radical (unpaired) electrons. The number of carbonyl (C=O) groups is 3. The fourth-order valence-electron chi connectivity index (χ4n) is 2.00. The standard InChI is InChI=1S/C12H16N4O4S/c1-12(2,10-13-3-4-21-10)15-11(20)16-6-8(17)14-5-7(16)9(18)19/h3-4,7H,5-6H2,1-2H3,(H,14,17)(H,15,20)(H,18,19). The largest absolute Gasteiger partial charge is 0.480 e. The molecule has 3 N–H and O–H groups in total. The van der Waals surface area contributed by atoms with E-state index < -0.39 is 23.6 Å². The molecule has 0 bridgehead atoms. The van der Waals surface area contributed by atoms with Crippen LogP contribution in [-0.4, -0.2) is 52.0 Å². The van der Waals surface area contributed by atoms with Gasteiger partial charge in [-0.1, -0.05) is 0 Å². The van der Waals surface area contributed by atoms with E-state index in [4.69, 9.17) is 5.11 Å². The lowest BCUT2D eigenvalue weighted by Gasteiger charge is -2.35. The number of rotatable bonds is 3. The van der Waals surface area contributed by atoms with Crippen LogP contribution in [0.4, 0.5) is 4.79 Å². The molecule has 1 aromatic rings. The van der Waals surface area contributed by atoms with Crippen molar-refractivity contribution in [3.05, 3.63) is 16.6 Å². The first-order valence-corrected chi connectivity index (χ1v) is 7.17. The number of urea groups is 1. The van der Waals surface area contributed by atoms with Crippen LogP contribution in [0.1, 0.15) is 18.9 Å². The van der Waals surface area contributed by atoms with Crippen molar-refractivity contribution < 1.29 is 19.5 Å². The van der Waals surface area contributed by atoms with Gasteiger partial charge in [0.25, 0.3) is 0 Å².